The summed E-state index contributed by atoms with van der Waals surface area (Å²) in [5.41, 5.74) is 1.50. The number of benzene rings is 1. The van der Waals surface area contributed by atoms with E-state index in [1.807, 2.05) is 18.2 Å². The van der Waals surface area contributed by atoms with E-state index in [0.717, 1.165) is 24.2 Å². The van der Waals surface area contributed by atoms with Crippen LogP contribution in [0.3, 0.4) is 0 Å². The first-order valence-corrected chi connectivity index (χ1v) is 6.16. The van der Waals surface area contributed by atoms with Crippen LogP contribution >= 0.6 is 0 Å². The van der Waals surface area contributed by atoms with Gasteiger partial charge in [-0.1, -0.05) is 18.6 Å². The minimum absolute atomic E-state index is 0.177. The summed E-state index contributed by atoms with van der Waals surface area (Å²) in [6, 6.07) is 7.19. The fourth-order valence-electron chi connectivity index (χ4n) is 2.28. The molecule has 1 aromatic rings. The molecule has 0 bridgehead atoms. The van der Waals surface area contributed by atoms with Crippen LogP contribution in [0.4, 0.5) is 4.39 Å². The van der Waals surface area contributed by atoms with E-state index in [1.165, 1.54) is 25.3 Å². The third kappa shape index (κ3) is 3.28. The van der Waals surface area contributed by atoms with Crippen LogP contribution in [0.1, 0.15) is 30.4 Å². The number of rotatable bonds is 3. The van der Waals surface area contributed by atoms with Crippen molar-refractivity contribution in [2.24, 2.45) is 0 Å². The van der Waals surface area contributed by atoms with Crippen LogP contribution in [-0.4, -0.2) is 18.0 Å². The van der Waals surface area contributed by atoms with E-state index in [-0.39, 0.29) is 12.2 Å². The van der Waals surface area contributed by atoms with Gasteiger partial charge in [-0.25, -0.2) is 4.39 Å². The SMILES string of the molecule is N#CCc1ccc(CN2CCCCC2)c(F)c1. The van der Waals surface area contributed by atoms with E-state index in [4.69, 9.17) is 5.26 Å². The fourth-order valence-corrected chi connectivity index (χ4v) is 2.28. The first-order valence-electron chi connectivity index (χ1n) is 6.16. The van der Waals surface area contributed by atoms with Gasteiger partial charge in [0.15, 0.2) is 0 Å². The van der Waals surface area contributed by atoms with Gasteiger partial charge in [-0.2, -0.15) is 5.26 Å². The number of nitriles is 1. The topological polar surface area (TPSA) is 27.0 Å². The Morgan fingerprint density at radius 1 is 1.24 bits per heavy atom. The van der Waals surface area contributed by atoms with E-state index >= 15 is 0 Å². The molecule has 0 radical (unpaired) electrons. The Balaban J connectivity index is 2.03. The normalized spacial score (nSPS) is 16.7. The number of nitrogens with zero attached hydrogens (tertiary/aromatic N) is 2. The Bertz CT molecular complexity index is 417. The number of hydrogen-bond donors (Lipinski definition) is 0. The summed E-state index contributed by atoms with van der Waals surface area (Å²) < 4.78 is 13.8. The molecule has 2 rings (SSSR count). The molecule has 2 nitrogen and oxygen atoms in total. The minimum Gasteiger partial charge on any atom is -0.299 e. The van der Waals surface area contributed by atoms with Crippen molar-refractivity contribution in [2.75, 3.05) is 13.1 Å². The molecule has 17 heavy (non-hydrogen) atoms. The zero-order chi connectivity index (χ0) is 12.1. The van der Waals surface area contributed by atoms with Crippen LogP contribution in [0.15, 0.2) is 18.2 Å². The first kappa shape index (κ1) is 12.1. The molecule has 90 valence electrons. The number of hydrogen-bond acceptors (Lipinski definition) is 2. The van der Waals surface area contributed by atoms with Gasteiger partial charge in [0.2, 0.25) is 0 Å². The van der Waals surface area contributed by atoms with E-state index in [1.54, 1.807) is 0 Å². The van der Waals surface area contributed by atoms with Crippen molar-refractivity contribution in [3.05, 3.63) is 35.1 Å². The quantitative estimate of drug-likeness (QED) is 0.801. The molecular formula is C14H17FN2. The molecule has 1 aromatic carbocycles. The summed E-state index contributed by atoms with van der Waals surface area (Å²) in [6.07, 6.45) is 4.00. The van der Waals surface area contributed by atoms with Crippen molar-refractivity contribution in [3.8, 4) is 6.07 Å². The average Bonchev–Trinajstić information content (AvgIpc) is 2.34. The number of piperidine rings is 1. The highest BCUT2D eigenvalue weighted by atomic mass is 19.1. The van der Waals surface area contributed by atoms with Crippen molar-refractivity contribution >= 4 is 0 Å². The Kier molecular flexibility index (Phi) is 4.11. The lowest BCUT2D eigenvalue weighted by molar-refractivity contribution is 0.218. The highest BCUT2D eigenvalue weighted by Gasteiger charge is 2.12. The summed E-state index contributed by atoms with van der Waals surface area (Å²) in [7, 11) is 0. The van der Waals surface area contributed by atoms with E-state index in [0.29, 0.717) is 6.54 Å². The summed E-state index contributed by atoms with van der Waals surface area (Å²) in [5, 5.41) is 8.56. The largest absolute Gasteiger partial charge is 0.299 e. The minimum atomic E-state index is -0.177. The van der Waals surface area contributed by atoms with Crippen molar-refractivity contribution in [1.82, 2.24) is 4.90 Å². The zero-order valence-corrected chi connectivity index (χ0v) is 9.95. The van der Waals surface area contributed by atoms with Gasteiger partial charge in [0.1, 0.15) is 5.82 Å². The van der Waals surface area contributed by atoms with Crippen molar-refractivity contribution in [1.29, 1.82) is 5.26 Å². The molecule has 0 amide bonds. The summed E-state index contributed by atoms with van der Waals surface area (Å²) >= 11 is 0. The average molecular weight is 232 g/mol. The second-order valence-corrected chi connectivity index (χ2v) is 4.60. The van der Waals surface area contributed by atoms with E-state index < -0.39 is 0 Å². The maximum absolute atomic E-state index is 13.8. The van der Waals surface area contributed by atoms with Gasteiger partial charge in [-0.05, 0) is 37.6 Å². The number of halogens is 1. The Morgan fingerprint density at radius 3 is 2.65 bits per heavy atom. The molecule has 1 aliphatic rings. The first-order chi connectivity index (χ1) is 8.29. The predicted molar refractivity (Wildman–Crippen MR) is 64.8 cm³/mol. The highest BCUT2D eigenvalue weighted by Crippen LogP contribution is 2.16. The highest BCUT2D eigenvalue weighted by molar-refractivity contribution is 5.26. The standard InChI is InChI=1S/C14H17FN2/c15-14-10-12(6-7-16)4-5-13(14)11-17-8-2-1-3-9-17/h4-5,10H,1-3,6,8-9,11H2. The number of likely N-dealkylation sites (tertiary alicyclic amines) is 1. The lowest BCUT2D eigenvalue weighted by Gasteiger charge is -2.26. The molecule has 0 aliphatic carbocycles. The van der Waals surface area contributed by atoms with Gasteiger partial charge in [-0.3, -0.25) is 4.90 Å². The molecule has 3 heteroatoms. The Morgan fingerprint density at radius 2 is 2.00 bits per heavy atom. The second-order valence-electron chi connectivity index (χ2n) is 4.60. The van der Waals surface area contributed by atoms with Crippen molar-refractivity contribution in [3.63, 3.8) is 0 Å². The van der Waals surface area contributed by atoms with E-state index in [9.17, 15) is 4.39 Å². The van der Waals surface area contributed by atoms with Crippen LogP contribution in [0, 0.1) is 17.1 Å². The second kappa shape index (κ2) is 5.79. The lowest BCUT2D eigenvalue weighted by atomic mass is 10.1. The molecule has 0 unspecified atom stereocenters. The molecule has 1 fully saturated rings. The zero-order valence-electron chi connectivity index (χ0n) is 9.95. The monoisotopic (exact) mass is 232 g/mol. The molecule has 1 heterocycles. The van der Waals surface area contributed by atoms with Gasteiger partial charge >= 0.3 is 0 Å². The third-order valence-corrected chi connectivity index (χ3v) is 3.24. The molecule has 0 spiro atoms. The van der Waals surface area contributed by atoms with Crippen LogP contribution < -0.4 is 0 Å². The molecular weight excluding hydrogens is 215 g/mol. The van der Waals surface area contributed by atoms with Crippen molar-refractivity contribution in [2.45, 2.75) is 32.2 Å². The predicted octanol–water partition coefficient (Wildman–Crippen LogP) is 2.88. The van der Waals surface area contributed by atoms with Gasteiger partial charge in [0, 0.05) is 12.1 Å². The summed E-state index contributed by atoms with van der Waals surface area (Å²) in [5.74, 6) is -0.177. The molecule has 0 N–H and O–H groups in total. The molecule has 0 aromatic heterocycles. The molecule has 0 atom stereocenters. The van der Waals surface area contributed by atoms with Gasteiger partial charge in [0.25, 0.3) is 0 Å². The summed E-state index contributed by atoms with van der Waals surface area (Å²) in [4.78, 5) is 2.30. The molecule has 0 saturated carbocycles. The molecule has 1 saturated heterocycles. The maximum Gasteiger partial charge on any atom is 0.128 e. The Hall–Kier alpha value is -1.40. The van der Waals surface area contributed by atoms with Gasteiger partial charge < -0.3 is 0 Å². The van der Waals surface area contributed by atoms with Crippen molar-refractivity contribution < 1.29 is 4.39 Å². The van der Waals surface area contributed by atoms with E-state index in [2.05, 4.69) is 4.90 Å². The molecule has 1 aliphatic heterocycles. The maximum atomic E-state index is 13.8. The van der Waals surface area contributed by atoms with Gasteiger partial charge in [0.05, 0.1) is 12.5 Å². The van der Waals surface area contributed by atoms with Crippen LogP contribution in [-0.2, 0) is 13.0 Å². The smallest absolute Gasteiger partial charge is 0.128 e. The van der Waals surface area contributed by atoms with Crippen LogP contribution in [0.5, 0.6) is 0 Å². The third-order valence-electron chi connectivity index (χ3n) is 3.24. The Labute approximate surface area is 102 Å². The lowest BCUT2D eigenvalue weighted by Crippen LogP contribution is -2.29. The fraction of sp³-hybridized carbons (Fsp3) is 0.500. The van der Waals surface area contributed by atoms with Crippen LogP contribution in [0.25, 0.3) is 0 Å². The van der Waals surface area contributed by atoms with Crippen LogP contribution in [0.2, 0.25) is 0 Å². The van der Waals surface area contributed by atoms with Gasteiger partial charge in [-0.15, -0.1) is 0 Å². The summed E-state index contributed by atoms with van der Waals surface area (Å²) in [6.45, 7) is 2.83.